The number of phenolic OH excluding ortho intramolecular Hbond substituents is 1. The van der Waals surface area contributed by atoms with Gasteiger partial charge in [0.15, 0.2) is 11.6 Å². The molecule has 0 saturated heterocycles. The van der Waals surface area contributed by atoms with Crippen LogP contribution >= 0.6 is 0 Å². The standard InChI is InChI=1S/C9H6FNO3/c10-5-1-2-6-4(8(5)12)3-7(11-6)9(13)14/h1-3,11-12H,(H,13,14). The number of aromatic hydroxyl groups is 1. The van der Waals surface area contributed by atoms with Crippen LogP contribution in [-0.4, -0.2) is 21.2 Å². The normalized spacial score (nSPS) is 10.6. The zero-order valence-corrected chi connectivity index (χ0v) is 6.91. The second-order valence-electron chi connectivity index (χ2n) is 2.85. The van der Waals surface area contributed by atoms with Gasteiger partial charge in [0.1, 0.15) is 5.69 Å². The summed E-state index contributed by atoms with van der Waals surface area (Å²) in [5.74, 6) is -2.46. The molecule has 0 atom stereocenters. The molecule has 3 N–H and O–H groups in total. The SMILES string of the molecule is O=C(O)c1cc2c(O)c(F)ccc2[nH]1. The second-order valence-corrected chi connectivity index (χ2v) is 2.85. The Morgan fingerprint density at radius 2 is 2.14 bits per heavy atom. The fourth-order valence-corrected chi connectivity index (χ4v) is 1.28. The molecule has 1 aromatic carbocycles. The number of carboxylic acid groups (broad SMARTS) is 1. The van der Waals surface area contributed by atoms with E-state index in [2.05, 4.69) is 4.98 Å². The molecule has 4 nitrogen and oxygen atoms in total. The number of hydrogen-bond donors (Lipinski definition) is 3. The first-order valence-corrected chi connectivity index (χ1v) is 3.83. The lowest BCUT2D eigenvalue weighted by Gasteiger charge is -1.94. The molecular formula is C9H6FNO3. The number of phenols is 1. The number of hydrogen-bond acceptors (Lipinski definition) is 2. The molecule has 2 rings (SSSR count). The van der Waals surface area contributed by atoms with E-state index in [1.807, 2.05) is 0 Å². The Kier molecular flexibility index (Phi) is 1.67. The van der Waals surface area contributed by atoms with Crippen LogP contribution in [0.4, 0.5) is 4.39 Å². The summed E-state index contributed by atoms with van der Waals surface area (Å²) in [6.45, 7) is 0. The number of nitrogens with one attached hydrogen (secondary N) is 1. The average Bonchev–Trinajstić information content (AvgIpc) is 2.56. The fourth-order valence-electron chi connectivity index (χ4n) is 1.28. The molecule has 0 aliphatic carbocycles. The number of aromatic carboxylic acids is 1. The highest BCUT2D eigenvalue weighted by atomic mass is 19.1. The molecule has 0 spiro atoms. The van der Waals surface area contributed by atoms with Gasteiger partial charge in [-0.15, -0.1) is 0 Å². The zero-order valence-electron chi connectivity index (χ0n) is 6.91. The smallest absolute Gasteiger partial charge is 0.352 e. The maximum absolute atomic E-state index is 12.8. The van der Waals surface area contributed by atoms with Crippen molar-refractivity contribution in [2.24, 2.45) is 0 Å². The van der Waals surface area contributed by atoms with E-state index >= 15 is 0 Å². The predicted octanol–water partition coefficient (Wildman–Crippen LogP) is 1.71. The maximum atomic E-state index is 12.8. The lowest BCUT2D eigenvalue weighted by Crippen LogP contribution is -1.94. The fraction of sp³-hybridized carbons (Fsp3) is 0. The molecule has 72 valence electrons. The zero-order chi connectivity index (χ0) is 10.3. The third-order valence-corrected chi connectivity index (χ3v) is 1.96. The van der Waals surface area contributed by atoms with E-state index in [0.717, 1.165) is 6.07 Å². The number of carboxylic acids is 1. The molecule has 5 heteroatoms. The molecule has 14 heavy (non-hydrogen) atoms. The summed E-state index contributed by atoms with van der Waals surface area (Å²) in [4.78, 5) is 13.1. The van der Waals surface area contributed by atoms with Crippen LogP contribution < -0.4 is 0 Å². The van der Waals surface area contributed by atoms with Gasteiger partial charge in [0.25, 0.3) is 0 Å². The summed E-state index contributed by atoms with van der Waals surface area (Å²) in [7, 11) is 0. The van der Waals surface area contributed by atoms with Crippen LogP contribution in [0.15, 0.2) is 18.2 Å². The number of carbonyl (C=O) groups is 1. The van der Waals surface area contributed by atoms with Crippen molar-refractivity contribution >= 4 is 16.9 Å². The first-order valence-electron chi connectivity index (χ1n) is 3.83. The minimum Gasteiger partial charge on any atom is -0.504 e. The molecule has 0 aliphatic heterocycles. The quantitative estimate of drug-likeness (QED) is 0.648. The minimum absolute atomic E-state index is 0.0825. The Morgan fingerprint density at radius 3 is 2.79 bits per heavy atom. The molecular weight excluding hydrogens is 189 g/mol. The van der Waals surface area contributed by atoms with E-state index in [0.29, 0.717) is 5.52 Å². The van der Waals surface area contributed by atoms with Crippen molar-refractivity contribution in [1.82, 2.24) is 4.98 Å². The van der Waals surface area contributed by atoms with E-state index in [9.17, 15) is 14.3 Å². The molecule has 0 bridgehead atoms. The summed E-state index contributed by atoms with van der Waals surface area (Å²) >= 11 is 0. The van der Waals surface area contributed by atoms with Gasteiger partial charge >= 0.3 is 5.97 Å². The first kappa shape index (κ1) is 8.55. The van der Waals surface area contributed by atoms with E-state index in [-0.39, 0.29) is 11.1 Å². The van der Waals surface area contributed by atoms with Crippen LogP contribution in [0, 0.1) is 5.82 Å². The van der Waals surface area contributed by atoms with Crippen molar-refractivity contribution in [3.63, 3.8) is 0 Å². The third kappa shape index (κ3) is 1.10. The maximum Gasteiger partial charge on any atom is 0.352 e. The Morgan fingerprint density at radius 1 is 1.43 bits per heavy atom. The molecule has 1 aromatic heterocycles. The van der Waals surface area contributed by atoms with Crippen molar-refractivity contribution in [3.05, 3.63) is 29.7 Å². The highest BCUT2D eigenvalue weighted by Crippen LogP contribution is 2.27. The number of benzene rings is 1. The predicted molar refractivity (Wildman–Crippen MR) is 46.9 cm³/mol. The van der Waals surface area contributed by atoms with Crippen molar-refractivity contribution in [1.29, 1.82) is 0 Å². The number of fused-ring (bicyclic) bond motifs is 1. The van der Waals surface area contributed by atoms with E-state index in [1.165, 1.54) is 12.1 Å². The van der Waals surface area contributed by atoms with Gasteiger partial charge in [-0.2, -0.15) is 0 Å². The highest BCUT2D eigenvalue weighted by Gasteiger charge is 2.12. The van der Waals surface area contributed by atoms with Crippen LogP contribution in [0.5, 0.6) is 5.75 Å². The summed E-state index contributed by atoms with van der Waals surface area (Å²) in [6.07, 6.45) is 0. The molecule has 1 heterocycles. The monoisotopic (exact) mass is 195 g/mol. The number of aromatic amines is 1. The van der Waals surface area contributed by atoms with Crippen molar-refractivity contribution in [2.45, 2.75) is 0 Å². The van der Waals surface area contributed by atoms with Crippen LogP contribution in [0.25, 0.3) is 10.9 Å². The Balaban J connectivity index is 2.77. The first-order chi connectivity index (χ1) is 6.59. The van der Waals surface area contributed by atoms with Gasteiger partial charge in [0.05, 0.1) is 0 Å². The van der Waals surface area contributed by atoms with Crippen LogP contribution in [-0.2, 0) is 0 Å². The van der Waals surface area contributed by atoms with Crippen molar-refractivity contribution in [2.75, 3.05) is 0 Å². The van der Waals surface area contributed by atoms with E-state index in [1.54, 1.807) is 0 Å². The van der Waals surface area contributed by atoms with Gasteiger partial charge in [-0.05, 0) is 18.2 Å². The summed E-state index contributed by atoms with van der Waals surface area (Å²) in [5.41, 5.74) is 0.308. The third-order valence-electron chi connectivity index (χ3n) is 1.96. The van der Waals surface area contributed by atoms with Gasteiger partial charge < -0.3 is 15.2 Å². The number of aromatic nitrogens is 1. The topological polar surface area (TPSA) is 73.3 Å². The Labute approximate surface area is 77.6 Å². The van der Waals surface area contributed by atoms with Gasteiger partial charge in [0.2, 0.25) is 0 Å². The number of rotatable bonds is 1. The molecule has 0 saturated carbocycles. The minimum atomic E-state index is -1.15. The van der Waals surface area contributed by atoms with E-state index in [4.69, 9.17) is 5.11 Å². The summed E-state index contributed by atoms with van der Waals surface area (Å²) in [5, 5.41) is 18.1. The Hall–Kier alpha value is -2.04. The van der Waals surface area contributed by atoms with Gasteiger partial charge in [0, 0.05) is 10.9 Å². The lowest BCUT2D eigenvalue weighted by atomic mass is 10.2. The number of H-pyrrole nitrogens is 1. The largest absolute Gasteiger partial charge is 0.504 e. The Bertz CT molecular complexity index is 518. The molecule has 0 amide bonds. The van der Waals surface area contributed by atoms with E-state index < -0.39 is 17.5 Å². The summed E-state index contributed by atoms with van der Waals surface area (Å²) in [6, 6.07) is 3.63. The molecule has 0 radical (unpaired) electrons. The molecule has 0 unspecified atom stereocenters. The van der Waals surface area contributed by atoms with Crippen molar-refractivity contribution in [3.8, 4) is 5.75 Å². The summed E-state index contributed by atoms with van der Waals surface area (Å²) < 4.78 is 12.8. The molecule has 2 aromatic rings. The van der Waals surface area contributed by atoms with Gasteiger partial charge in [-0.3, -0.25) is 0 Å². The second kappa shape index (κ2) is 2.73. The number of halogens is 1. The average molecular weight is 195 g/mol. The molecule has 0 aliphatic rings. The van der Waals surface area contributed by atoms with Crippen LogP contribution in [0.2, 0.25) is 0 Å². The van der Waals surface area contributed by atoms with Gasteiger partial charge in [-0.1, -0.05) is 0 Å². The van der Waals surface area contributed by atoms with Crippen LogP contribution in [0.3, 0.4) is 0 Å². The highest BCUT2D eigenvalue weighted by molar-refractivity contribution is 5.96. The van der Waals surface area contributed by atoms with Crippen molar-refractivity contribution < 1.29 is 19.4 Å². The van der Waals surface area contributed by atoms with Crippen LogP contribution in [0.1, 0.15) is 10.5 Å². The lowest BCUT2D eigenvalue weighted by molar-refractivity contribution is 0.0691. The van der Waals surface area contributed by atoms with Gasteiger partial charge in [-0.25, -0.2) is 9.18 Å². The molecule has 0 fully saturated rings.